The van der Waals surface area contributed by atoms with E-state index in [1.807, 2.05) is 0 Å². The maximum absolute atomic E-state index is 6.21. The lowest BCUT2D eigenvalue weighted by Crippen LogP contribution is -2.66. The predicted molar refractivity (Wildman–Crippen MR) is 77.1 cm³/mol. The molecule has 0 aromatic rings. The fraction of sp³-hybridized carbons (Fsp3) is 1.00. The second-order valence-corrected chi connectivity index (χ2v) is 6.91. The van der Waals surface area contributed by atoms with Gasteiger partial charge in [-0.3, -0.25) is 9.80 Å². The van der Waals surface area contributed by atoms with Crippen molar-refractivity contribution < 1.29 is 4.74 Å². The summed E-state index contributed by atoms with van der Waals surface area (Å²) < 4.78 is 5.63. The number of fused-ring (bicyclic) bond motifs is 1. The maximum atomic E-state index is 6.21. The quantitative estimate of drug-likeness (QED) is 0.825. The van der Waals surface area contributed by atoms with Crippen LogP contribution in [-0.4, -0.2) is 66.8 Å². The molecule has 4 heteroatoms. The molecule has 0 spiro atoms. The zero-order valence-corrected chi connectivity index (χ0v) is 12.5. The Morgan fingerprint density at radius 1 is 1.32 bits per heavy atom. The van der Waals surface area contributed by atoms with E-state index in [0.717, 1.165) is 25.8 Å². The van der Waals surface area contributed by atoms with Gasteiger partial charge in [0, 0.05) is 49.8 Å². The van der Waals surface area contributed by atoms with E-state index < -0.39 is 0 Å². The standard InChI is InChI=1S/C15H29N3O/c1-12-8-17-6-3-4-14(17)9-18(12)15(2,11-16)13-5-7-19-10-13/h12-14H,3-11,16H2,1-2H3. The molecule has 110 valence electrons. The molecule has 3 aliphatic heterocycles. The lowest BCUT2D eigenvalue weighted by atomic mass is 9.81. The molecule has 0 aromatic heterocycles. The normalized spacial score (nSPS) is 40.3. The van der Waals surface area contributed by atoms with E-state index in [9.17, 15) is 0 Å². The van der Waals surface area contributed by atoms with Crippen molar-refractivity contribution in [2.75, 3.05) is 39.4 Å². The summed E-state index contributed by atoms with van der Waals surface area (Å²) in [6, 6.07) is 1.38. The van der Waals surface area contributed by atoms with E-state index in [0.29, 0.717) is 12.0 Å². The third-order valence-corrected chi connectivity index (χ3v) is 5.82. The smallest absolute Gasteiger partial charge is 0.0513 e. The van der Waals surface area contributed by atoms with Crippen molar-refractivity contribution in [1.82, 2.24) is 9.80 Å². The van der Waals surface area contributed by atoms with Crippen LogP contribution in [0.1, 0.15) is 33.1 Å². The second-order valence-electron chi connectivity index (χ2n) is 6.91. The lowest BCUT2D eigenvalue weighted by Gasteiger charge is -2.53. The Bertz CT molecular complexity index is 319. The van der Waals surface area contributed by atoms with Crippen molar-refractivity contribution >= 4 is 0 Å². The number of piperazine rings is 1. The van der Waals surface area contributed by atoms with E-state index >= 15 is 0 Å². The van der Waals surface area contributed by atoms with Crippen LogP contribution in [0.15, 0.2) is 0 Å². The number of hydrogen-bond acceptors (Lipinski definition) is 4. The van der Waals surface area contributed by atoms with E-state index in [1.54, 1.807) is 0 Å². The number of nitrogens with zero attached hydrogens (tertiary/aromatic N) is 2. The van der Waals surface area contributed by atoms with Gasteiger partial charge in [-0.05, 0) is 39.7 Å². The largest absolute Gasteiger partial charge is 0.381 e. The molecule has 2 N–H and O–H groups in total. The van der Waals surface area contributed by atoms with E-state index in [1.165, 1.54) is 38.9 Å². The Labute approximate surface area is 117 Å². The molecule has 0 aromatic carbocycles. The minimum Gasteiger partial charge on any atom is -0.381 e. The lowest BCUT2D eigenvalue weighted by molar-refractivity contribution is -0.0413. The summed E-state index contributed by atoms with van der Waals surface area (Å²) in [5, 5.41) is 0. The zero-order chi connectivity index (χ0) is 13.5. The van der Waals surface area contributed by atoms with Crippen molar-refractivity contribution in [3.05, 3.63) is 0 Å². The minimum atomic E-state index is 0.116. The molecule has 4 nitrogen and oxygen atoms in total. The average Bonchev–Trinajstić information content (AvgIpc) is 3.07. The zero-order valence-electron chi connectivity index (χ0n) is 12.5. The molecule has 0 radical (unpaired) electrons. The van der Waals surface area contributed by atoms with Gasteiger partial charge in [-0.15, -0.1) is 0 Å². The highest BCUT2D eigenvalue weighted by Crippen LogP contribution is 2.36. The van der Waals surface area contributed by atoms with E-state index in [-0.39, 0.29) is 5.54 Å². The number of hydrogen-bond donors (Lipinski definition) is 1. The monoisotopic (exact) mass is 267 g/mol. The fourth-order valence-corrected chi connectivity index (χ4v) is 4.44. The molecule has 0 aliphatic carbocycles. The molecule has 0 amide bonds. The van der Waals surface area contributed by atoms with Crippen LogP contribution < -0.4 is 5.73 Å². The van der Waals surface area contributed by atoms with Gasteiger partial charge in [-0.25, -0.2) is 0 Å². The van der Waals surface area contributed by atoms with Crippen LogP contribution in [0.2, 0.25) is 0 Å². The molecule has 19 heavy (non-hydrogen) atoms. The molecule has 3 saturated heterocycles. The molecule has 4 atom stereocenters. The Balaban J connectivity index is 1.77. The summed E-state index contributed by atoms with van der Waals surface area (Å²) >= 11 is 0. The Hall–Kier alpha value is -0.160. The van der Waals surface area contributed by atoms with Crippen LogP contribution in [0.5, 0.6) is 0 Å². The number of nitrogens with two attached hydrogens (primary N) is 1. The molecule has 3 fully saturated rings. The van der Waals surface area contributed by atoms with Gasteiger partial charge in [-0.1, -0.05) is 0 Å². The van der Waals surface area contributed by atoms with Crippen molar-refractivity contribution in [2.24, 2.45) is 11.7 Å². The van der Waals surface area contributed by atoms with Crippen LogP contribution >= 0.6 is 0 Å². The third-order valence-electron chi connectivity index (χ3n) is 5.82. The molecule has 3 rings (SSSR count). The second kappa shape index (κ2) is 5.32. The number of ether oxygens (including phenoxy) is 1. The summed E-state index contributed by atoms with van der Waals surface area (Å²) in [5.41, 5.74) is 6.32. The molecular formula is C15H29N3O. The Morgan fingerprint density at radius 3 is 2.84 bits per heavy atom. The van der Waals surface area contributed by atoms with Crippen molar-refractivity contribution in [1.29, 1.82) is 0 Å². The highest BCUT2D eigenvalue weighted by atomic mass is 16.5. The van der Waals surface area contributed by atoms with Gasteiger partial charge in [-0.2, -0.15) is 0 Å². The first-order chi connectivity index (χ1) is 9.15. The molecule has 0 bridgehead atoms. The van der Waals surface area contributed by atoms with Crippen LogP contribution in [0.25, 0.3) is 0 Å². The Kier molecular flexibility index (Phi) is 3.87. The predicted octanol–water partition coefficient (Wildman–Crippen LogP) is 0.909. The highest BCUT2D eigenvalue weighted by molar-refractivity contribution is 5.02. The SMILES string of the molecule is CC1CN2CCCC2CN1C(C)(CN)C1CCOC1. The van der Waals surface area contributed by atoms with Crippen LogP contribution in [0.4, 0.5) is 0 Å². The summed E-state index contributed by atoms with van der Waals surface area (Å²) in [5.74, 6) is 0.605. The van der Waals surface area contributed by atoms with Crippen LogP contribution in [0, 0.1) is 5.92 Å². The highest BCUT2D eigenvalue weighted by Gasteiger charge is 2.46. The van der Waals surface area contributed by atoms with Gasteiger partial charge in [0.15, 0.2) is 0 Å². The van der Waals surface area contributed by atoms with Crippen molar-refractivity contribution in [3.8, 4) is 0 Å². The maximum Gasteiger partial charge on any atom is 0.0513 e. The first-order valence-electron chi connectivity index (χ1n) is 7.94. The van der Waals surface area contributed by atoms with Gasteiger partial charge in [0.2, 0.25) is 0 Å². The van der Waals surface area contributed by atoms with Gasteiger partial charge in [0.25, 0.3) is 0 Å². The van der Waals surface area contributed by atoms with E-state index in [2.05, 4.69) is 23.6 Å². The van der Waals surface area contributed by atoms with Crippen molar-refractivity contribution in [2.45, 2.75) is 50.7 Å². The van der Waals surface area contributed by atoms with E-state index in [4.69, 9.17) is 10.5 Å². The molecule has 4 unspecified atom stereocenters. The fourth-order valence-electron chi connectivity index (χ4n) is 4.44. The molecular weight excluding hydrogens is 238 g/mol. The average molecular weight is 267 g/mol. The van der Waals surface area contributed by atoms with Gasteiger partial charge in [0.1, 0.15) is 0 Å². The number of rotatable bonds is 3. The van der Waals surface area contributed by atoms with Gasteiger partial charge in [0.05, 0.1) is 6.61 Å². The van der Waals surface area contributed by atoms with Gasteiger partial charge >= 0.3 is 0 Å². The summed E-state index contributed by atoms with van der Waals surface area (Å²) in [4.78, 5) is 5.39. The Morgan fingerprint density at radius 2 is 2.16 bits per heavy atom. The first kappa shape index (κ1) is 13.8. The summed E-state index contributed by atoms with van der Waals surface area (Å²) in [7, 11) is 0. The first-order valence-corrected chi connectivity index (χ1v) is 7.94. The third kappa shape index (κ3) is 2.33. The van der Waals surface area contributed by atoms with Crippen molar-refractivity contribution in [3.63, 3.8) is 0 Å². The van der Waals surface area contributed by atoms with Crippen LogP contribution in [-0.2, 0) is 4.74 Å². The van der Waals surface area contributed by atoms with Crippen LogP contribution in [0.3, 0.4) is 0 Å². The molecule has 3 aliphatic rings. The summed E-state index contributed by atoms with van der Waals surface area (Å²) in [6.07, 6.45) is 3.91. The van der Waals surface area contributed by atoms with Gasteiger partial charge < -0.3 is 10.5 Å². The molecule has 3 heterocycles. The minimum absolute atomic E-state index is 0.116. The summed E-state index contributed by atoms with van der Waals surface area (Å²) in [6.45, 7) is 11.0. The molecule has 0 saturated carbocycles. The topological polar surface area (TPSA) is 41.7 Å².